The molecule has 0 saturated carbocycles. The van der Waals surface area contributed by atoms with Gasteiger partial charge in [0.05, 0.1) is 18.1 Å². The zero-order valence-electron chi connectivity index (χ0n) is 15.3. The van der Waals surface area contributed by atoms with Crippen LogP contribution in [-0.2, 0) is 9.53 Å². The molecule has 3 heterocycles. The molecule has 9 heteroatoms. The Hall–Kier alpha value is -1.81. The summed E-state index contributed by atoms with van der Waals surface area (Å²) < 4.78 is 5.36. The van der Waals surface area contributed by atoms with Gasteiger partial charge in [0.15, 0.2) is 5.13 Å². The van der Waals surface area contributed by atoms with E-state index in [2.05, 4.69) is 15.2 Å². The number of amides is 2. The van der Waals surface area contributed by atoms with Crippen molar-refractivity contribution in [2.45, 2.75) is 13.3 Å². The SMILES string of the molecule is Cc1cnc(NC(=O)CN(CCCN2CCOCC2)C(=O)c2cccs2)s1. The van der Waals surface area contributed by atoms with Crippen LogP contribution in [0.25, 0.3) is 0 Å². The lowest BCUT2D eigenvalue weighted by molar-refractivity contribution is -0.116. The molecule has 2 amide bonds. The summed E-state index contributed by atoms with van der Waals surface area (Å²) in [6.07, 6.45) is 2.54. The van der Waals surface area contributed by atoms with Gasteiger partial charge in [-0.1, -0.05) is 6.07 Å². The van der Waals surface area contributed by atoms with E-state index in [1.54, 1.807) is 17.2 Å². The minimum absolute atomic E-state index is 0.0263. The number of carbonyl (C=O) groups is 2. The maximum Gasteiger partial charge on any atom is 0.264 e. The molecule has 0 aliphatic carbocycles. The van der Waals surface area contributed by atoms with E-state index in [0.717, 1.165) is 44.1 Å². The highest BCUT2D eigenvalue weighted by molar-refractivity contribution is 7.15. The lowest BCUT2D eigenvalue weighted by Crippen LogP contribution is -2.41. The number of rotatable bonds is 8. The van der Waals surface area contributed by atoms with Crippen LogP contribution in [0.15, 0.2) is 23.7 Å². The molecule has 146 valence electrons. The molecular formula is C18H24N4O3S2. The molecule has 0 spiro atoms. The first kappa shape index (κ1) is 19.9. The number of nitrogens with zero attached hydrogens (tertiary/aromatic N) is 3. The van der Waals surface area contributed by atoms with Crippen LogP contribution in [-0.4, -0.2) is 72.5 Å². The van der Waals surface area contributed by atoms with E-state index in [1.165, 1.54) is 22.7 Å². The number of hydrogen-bond donors (Lipinski definition) is 1. The Balaban J connectivity index is 1.56. The van der Waals surface area contributed by atoms with Gasteiger partial charge in [-0.2, -0.15) is 0 Å². The molecule has 3 rings (SSSR count). The molecule has 2 aromatic rings. The highest BCUT2D eigenvalue weighted by atomic mass is 32.1. The van der Waals surface area contributed by atoms with E-state index in [0.29, 0.717) is 16.6 Å². The van der Waals surface area contributed by atoms with E-state index in [1.807, 2.05) is 18.4 Å². The summed E-state index contributed by atoms with van der Waals surface area (Å²) in [7, 11) is 0. The third-order valence-electron chi connectivity index (χ3n) is 4.23. The van der Waals surface area contributed by atoms with Gasteiger partial charge in [-0.25, -0.2) is 4.98 Å². The molecule has 27 heavy (non-hydrogen) atoms. The van der Waals surface area contributed by atoms with Gasteiger partial charge in [-0.15, -0.1) is 22.7 Å². The van der Waals surface area contributed by atoms with Crippen molar-refractivity contribution in [2.24, 2.45) is 0 Å². The van der Waals surface area contributed by atoms with Gasteiger partial charge in [0.25, 0.3) is 5.91 Å². The van der Waals surface area contributed by atoms with E-state index in [-0.39, 0.29) is 18.4 Å². The van der Waals surface area contributed by atoms with Crippen molar-refractivity contribution in [1.82, 2.24) is 14.8 Å². The lowest BCUT2D eigenvalue weighted by Gasteiger charge is -2.28. The number of carbonyl (C=O) groups excluding carboxylic acids is 2. The third kappa shape index (κ3) is 6.10. The predicted molar refractivity (Wildman–Crippen MR) is 108 cm³/mol. The third-order valence-corrected chi connectivity index (χ3v) is 5.91. The van der Waals surface area contributed by atoms with Crippen molar-refractivity contribution in [1.29, 1.82) is 0 Å². The number of thiophene rings is 1. The summed E-state index contributed by atoms with van der Waals surface area (Å²) in [5.41, 5.74) is 0. The van der Waals surface area contributed by atoms with Crippen LogP contribution in [0.5, 0.6) is 0 Å². The van der Waals surface area contributed by atoms with Gasteiger partial charge < -0.3 is 15.0 Å². The molecule has 0 unspecified atom stereocenters. The number of morpholine rings is 1. The Kier molecular flexibility index (Phi) is 7.33. The highest BCUT2D eigenvalue weighted by Crippen LogP contribution is 2.17. The lowest BCUT2D eigenvalue weighted by atomic mass is 10.3. The molecule has 0 radical (unpaired) electrons. The summed E-state index contributed by atoms with van der Waals surface area (Å²) >= 11 is 2.82. The molecule has 0 bridgehead atoms. The first-order valence-corrected chi connectivity index (χ1v) is 10.7. The average molecular weight is 409 g/mol. The molecule has 1 fully saturated rings. The molecule has 7 nitrogen and oxygen atoms in total. The van der Waals surface area contributed by atoms with Gasteiger partial charge in [-0.3, -0.25) is 14.5 Å². The molecule has 1 aliphatic rings. The second kappa shape index (κ2) is 9.93. The Bertz CT molecular complexity index is 742. The van der Waals surface area contributed by atoms with Crippen molar-refractivity contribution in [3.63, 3.8) is 0 Å². The van der Waals surface area contributed by atoms with Crippen LogP contribution in [0.1, 0.15) is 21.0 Å². The fourth-order valence-corrected chi connectivity index (χ4v) is 4.23. The summed E-state index contributed by atoms with van der Waals surface area (Å²) in [4.78, 5) is 35.0. The molecular weight excluding hydrogens is 384 g/mol. The van der Waals surface area contributed by atoms with Crippen molar-refractivity contribution >= 4 is 39.6 Å². The van der Waals surface area contributed by atoms with Crippen LogP contribution in [0.2, 0.25) is 0 Å². The summed E-state index contributed by atoms with van der Waals surface area (Å²) in [6.45, 7) is 6.75. The summed E-state index contributed by atoms with van der Waals surface area (Å²) in [6, 6.07) is 3.65. The largest absolute Gasteiger partial charge is 0.379 e. The van der Waals surface area contributed by atoms with Gasteiger partial charge in [0.2, 0.25) is 5.91 Å². The fourth-order valence-electron chi connectivity index (χ4n) is 2.86. The fraction of sp³-hybridized carbons (Fsp3) is 0.500. The number of aryl methyl sites for hydroxylation is 1. The van der Waals surface area contributed by atoms with Gasteiger partial charge in [0.1, 0.15) is 6.54 Å². The van der Waals surface area contributed by atoms with E-state index in [9.17, 15) is 9.59 Å². The average Bonchev–Trinajstić information content (AvgIpc) is 3.33. The van der Waals surface area contributed by atoms with E-state index in [4.69, 9.17) is 4.74 Å². The maximum absolute atomic E-state index is 12.8. The number of anilines is 1. The van der Waals surface area contributed by atoms with Crippen molar-refractivity contribution in [3.05, 3.63) is 33.5 Å². The zero-order chi connectivity index (χ0) is 19.1. The number of hydrogen-bond acceptors (Lipinski definition) is 7. The maximum atomic E-state index is 12.8. The first-order valence-electron chi connectivity index (χ1n) is 8.97. The van der Waals surface area contributed by atoms with Crippen LogP contribution >= 0.6 is 22.7 Å². The van der Waals surface area contributed by atoms with E-state index < -0.39 is 0 Å². The molecule has 1 saturated heterocycles. The minimum Gasteiger partial charge on any atom is -0.379 e. The number of aromatic nitrogens is 1. The quantitative estimate of drug-likeness (QED) is 0.726. The van der Waals surface area contributed by atoms with Crippen LogP contribution in [0.4, 0.5) is 5.13 Å². The number of ether oxygens (including phenoxy) is 1. The smallest absolute Gasteiger partial charge is 0.264 e. The standard InChI is InChI=1S/C18H24N4O3S2/c1-14-12-19-18(27-14)20-16(23)13-22(17(24)15-4-2-11-26-15)6-3-5-21-7-9-25-10-8-21/h2,4,11-12H,3,5-10,13H2,1H3,(H,19,20,23). The van der Waals surface area contributed by atoms with Crippen LogP contribution in [0, 0.1) is 6.92 Å². The van der Waals surface area contributed by atoms with Crippen molar-refractivity contribution in [3.8, 4) is 0 Å². The first-order chi connectivity index (χ1) is 13.1. The molecule has 1 aliphatic heterocycles. The van der Waals surface area contributed by atoms with Crippen molar-refractivity contribution < 1.29 is 14.3 Å². The highest BCUT2D eigenvalue weighted by Gasteiger charge is 2.20. The Morgan fingerprint density at radius 1 is 1.37 bits per heavy atom. The molecule has 0 atom stereocenters. The Labute approximate surface area is 167 Å². The molecule has 1 N–H and O–H groups in total. The van der Waals surface area contributed by atoms with Gasteiger partial charge in [0, 0.05) is 37.3 Å². The minimum atomic E-state index is -0.222. The Morgan fingerprint density at radius 3 is 2.85 bits per heavy atom. The second-order valence-electron chi connectivity index (χ2n) is 6.34. The summed E-state index contributed by atoms with van der Waals surface area (Å²) in [5, 5.41) is 5.22. The zero-order valence-corrected chi connectivity index (χ0v) is 17.0. The van der Waals surface area contributed by atoms with Crippen molar-refractivity contribution in [2.75, 3.05) is 51.3 Å². The van der Waals surface area contributed by atoms with Gasteiger partial charge in [-0.05, 0) is 24.8 Å². The normalized spacial score (nSPS) is 14.9. The second-order valence-corrected chi connectivity index (χ2v) is 8.52. The monoisotopic (exact) mass is 408 g/mol. The van der Waals surface area contributed by atoms with Crippen LogP contribution < -0.4 is 5.32 Å². The van der Waals surface area contributed by atoms with Crippen LogP contribution in [0.3, 0.4) is 0 Å². The van der Waals surface area contributed by atoms with Gasteiger partial charge >= 0.3 is 0 Å². The Morgan fingerprint density at radius 2 is 2.19 bits per heavy atom. The summed E-state index contributed by atoms with van der Waals surface area (Å²) in [5.74, 6) is -0.321. The molecule has 0 aromatic carbocycles. The topological polar surface area (TPSA) is 74.8 Å². The molecule has 2 aromatic heterocycles. The number of thiazole rings is 1. The predicted octanol–water partition coefficient (Wildman–Crippen LogP) is 2.32. The van der Waals surface area contributed by atoms with E-state index >= 15 is 0 Å². The number of nitrogens with one attached hydrogen (secondary N) is 1.